The van der Waals surface area contributed by atoms with Gasteiger partial charge in [-0.25, -0.2) is 0 Å². The average Bonchev–Trinajstić information content (AvgIpc) is 3.04. The fourth-order valence-electron chi connectivity index (χ4n) is 2.49. The Bertz CT molecular complexity index is 659. The van der Waals surface area contributed by atoms with Crippen LogP contribution in [-0.2, 0) is 17.8 Å². The number of ether oxygens (including phenoxy) is 1. The molecule has 0 fully saturated rings. The van der Waals surface area contributed by atoms with Gasteiger partial charge in [0.25, 0.3) is 0 Å². The summed E-state index contributed by atoms with van der Waals surface area (Å²) in [5.74, 6) is 1.51. The third kappa shape index (κ3) is 2.99. The van der Waals surface area contributed by atoms with Gasteiger partial charge in [0.05, 0.1) is 13.4 Å². The van der Waals surface area contributed by atoms with Crippen molar-refractivity contribution in [1.29, 1.82) is 0 Å². The van der Waals surface area contributed by atoms with E-state index in [-0.39, 0.29) is 5.91 Å². The van der Waals surface area contributed by atoms with Crippen LogP contribution in [-0.4, -0.2) is 24.5 Å². The summed E-state index contributed by atoms with van der Waals surface area (Å²) in [6.07, 6.45) is 5.72. The van der Waals surface area contributed by atoms with Gasteiger partial charge >= 0.3 is 0 Å². The first-order valence-electron chi connectivity index (χ1n) is 6.92. The third-order valence-corrected chi connectivity index (χ3v) is 3.67. The Balaban J connectivity index is 1.71. The average molecular weight is 283 g/mol. The van der Waals surface area contributed by atoms with Crippen LogP contribution in [0.3, 0.4) is 0 Å². The molecule has 1 amide bonds. The molecule has 1 aliphatic heterocycles. The minimum Gasteiger partial charge on any atom is -0.497 e. The number of hydrogen-bond acceptors (Lipinski definition) is 3. The first kappa shape index (κ1) is 13.5. The van der Waals surface area contributed by atoms with Gasteiger partial charge in [0, 0.05) is 19.2 Å². The van der Waals surface area contributed by atoms with E-state index in [1.807, 2.05) is 23.1 Å². The monoisotopic (exact) mass is 283 g/mol. The molecular weight excluding hydrogens is 266 g/mol. The van der Waals surface area contributed by atoms with Gasteiger partial charge in [-0.3, -0.25) is 4.79 Å². The molecule has 1 aromatic heterocycles. The molecule has 0 spiro atoms. The quantitative estimate of drug-likeness (QED) is 0.813. The number of carbonyl (C=O) groups excluding carboxylic acids is 1. The van der Waals surface area contributed by atoms with E-state index in [9.17, 15) is 4.79 Å². The summed E-state index contributed by atoms with van der Waals surface area (Å²) < 4.78 is 10.4. The largest absolute Gasteiger partial charge is 0.497 e. The second kappa shape index (κ2) is 5.87. The Kier molecular flexibility index (Phi) is 3.77. The summed E-state index contributed by atoms with van der Waals surface area (Å²) in [7, 11) is 1.65. The van der Waals surface area contributed by atoms with Crippen LogP contribution in [0.4, 0.5) is 0 Å². The van der Waals surface area contributed by atoms with Crippen LogP contribution in [0, 0.1) is 0 Å². The molecule has 0 unspecified atom stereocenters. The highest BCUT2D eigenvalue weighted by Crippen LogP contribution is 2.24. The Morgan fingerprint density at radius 1 is 1.33 bits per heavy atom. The minimum atomic E-state index is -0.000120. The molecule has 4 nitrogen and oxygen atoms in total. The summed E-state index contributed by atoms with van der Waals surface area (Å²) in [5.41, 5.74) is 2.44. The van der Waals surface area contributed by atoms with Crippen molar-refractivity contribution < 1.29 is 13.9 Å². The van der Waals surface area contributed by atoms with E-state index < -0.39 is 0 Å². The zero-order valence-electron chi connectivity index (χ0n) is 11.9. The topological polar surface area (TPSA) is 42.7 Å². The summed E-state index contributed by atoms with van der Waals surface area (Å²) in [4.78, 5) is 14.1. The van der Waals surface area contributed by atoms with Crippen LogP contribution in [0.5, 0.6) is 5.75 Å². The molecule has 0 saturated heterocycles. The van der Waals surface area contributed by atoms with E-state index in [4.69, 9.17) is 9.15 Å². The first-order chi connectivity index (χ1) is 10.3. The van der Waals surface area contributed by atoms with Crippen LogP contribution < -0.4 is 4.74 Å². The molecule has 1 aromatic carbocycles. The Labute approximate surface area is 123 Å². The van der Waals surface area contributed by atoms with E-state index in [1.165, 1.54) is 5.56 Å². The van der Waals surface area contributed by atoms with Gasteiger partial charge in [-0.1, -0.05) is 6.07 Å². The second-order valence-corrected chi connectivity index (χ2v) is 4.99. The molecular formula is C17H17NO3. The van der Waals surface area contributed by atoms with Gasteiger partial charge in [0.2, 0.25) is 5.91 Å². The van der Waals surface area contributed by atoms with Crippen molar-refractivity contribution in [3.8, 4) is 5.75 Å². The number of benzene rings is 1. The van der Waals surface area contributed by atoms with Crippen molar-refractivity contribution in [2.45, 2.75) is 13.0 Å². The van der Waals surface area contributed by atoms with Gasteiger partial charge in [-0.15, -0.1) is 0 Å². The Hall–Kier alpha value is -2.49. The molecule has 4 heteroatoms. The number of hydrogen-bond donors (Lipinski definition) is 0. The van der Waals surface area contributed by atoms with Gasteiger partial charge in [0.15, 0.2) is 0 Å². The Morgan fingerprint density at radius 2 is 2.24 bits per heavy atom. The SMILES string of the molecule is COc1ccc2c(c1)CN(C(=O)C=Cc1ccco1)CC2. The summed E-state index contributed by atoms with van der Waals surface area (Å²) >= 11 is 0. The molecule has 0 aliphatic carbocycles. The second-order valence-electron chi connectivity index (χ2n) is 4.99. The number of nitrogens with zero attached hydrogens (tertiary/aromatic N) is 1. The van der Waals surface area contributed by atoms with Crippen molar-refractivity contribution in [2.24, 2.45) is 0 Å². The zero-order valence-corrected chi connectivity index (χ0v) is 11.9. The van der Waals surface area contributed by atoms with E-state index in [2.05, 4.69) is 6.07 Å². The lowest BCUT2D eigenvalue weighted by Crippen LogP contribution is -2.34. The number of furan rings is 1. The lowest BCUT2D eigenvalue weighted by Gasteiger charge is -2.28. The number of fused-ring (bicyclic) bond motifs is 1. The van der Waals surface area contributed by atoms with E-state index in [0.717, 1.165) is 24.3 Å². The van der Waals surface area contributed by atoms with Crippen molar-refractivity contribution >= 4 is 12.0 Å². The zero-order chi connectivity index (χ0) is 14.7. The Morgan fingerprint density at radius 3 is 3.00 bits per heavy atom. The normalized spacial score (nSPS) is 14.2. The van der Waals surface area contributed by atoms with Gasteiger partial charge in [-0.2, -0.15) is 0 Å². The van der Waals surface area contributed by atoms with Crippen LogP contribution in [0.15, 0.2) is 47.1 Å². The molecule has 0 bridgehead atoms. The van der Waals surface area contributed by atoms with E-state index >= 15 is 0 Å². The molecule has 2 aromatic rings. The van der Waals surface area contributed by atoms with Crippen LogP contribution in [0.2, 0.25) is 0 Å². The maximum Gasteiger partial charge on any atom is 0.246 e. The molecule has 108 valence electrons. The molecule has 0 radical (unpaired) electrons. The van der Waals surface area contributed by atoms with E-state index in [1.54, 1.807) is 31.6 Å². The molecule has 0 atom stereocenters. The first-order valence-corrected chi connectivity index (χ1v) is 6.92. The van der Waals surface area contributed by atoms with Crippen LogP contribution in [0.1, 0.15) is 16.9 Å². The van der Waals surface area contributed by atoms with Gasteiger partial charge < -0.3 is 14.1 Å². The van der Waals surface area contributed by atoms with Crippen LogP contribution >= 0.6 is 0 Å². The number of amides is 1. The van der Waals surface area contributed by atoms with Crippen molar-refractivity contribution in [3.05, 3.63) is 59.6 Å². The van der Waals surface area contributed by atoms with Crippen molar-refractivity contribution in [2.75, 3.05) is 13.7 Å². The standard InChI is InChI=1S/C17H17NO3/c1-20-16-5-4-13-8-9-18(12-14(13)11-16)17(19)7-6-15-3-2-10-21-15/h2-7,10-11H,8-9,12H2,1H3. The predicted molar refractivity (Wildman–Crippen MR) is 79.9 cm³/mol. The molecule has 1 aliphatic rings. The number of rotatable bonds is 3. The minimum absolute atomic E-state index is 0.000120. The highest BCUT2D eigenvalue weighted by molar-refractivity contribution is 5.91. The molecule has 3 rings (SSSR count). The van der Waals surface area contributed by atoms with Crippen LogP contribution in [0.25, 0.3) is 6.08 Å². The number of carbonyl (C=O) groups is 1. The van der Waals surface area contributed by atoms with Crippen molar-refractivity contribution in [3.63, 3.8) is 0 Å². The number of methoxy groups -OCH3 is 1. The summed E-state index contributed by atoms with van der Waals surface area (Å²) in [6.45, 7) is 1.36. The van der Waals surface area contributed by atoms with Gasteiger partial charge in [0.1, 0.15) is 11.5 Å². The van der Waals surface area contributed by atoms with Crippen molar-refractivity contribution in [1.82, 2.24) is 4.90 Å². The highest BCUT2D eigenvalue weighted by atomic mass is 16.5. The fraction of sp³-hybridized carbons (Fsp3) is 0.235. The highest BCUT2D eigenvalue weighted by Gasteiger charge is 2.19. The lowest BCUT2D eigenvalue weighted by atomic mass is 9.99. The molecule has 0 saturated carbocycles. The lowest BCUT2D eigenvalue weighted by molar-refractivity contribution is -0.126. The predicted octanol–water partition coefficient (Wildman–Crippen LogP) is 2.89. The smallest absolute Gasteiger partial charge is 0.246 e. The molecule has 21 heavy (non-hydrogen) atoms. The van der Waals surface area contributed by atoms with Gasteiger partial charge in [-0.05, 0) is 47.9 Å². The maximum absolute atomic E-state index is 12.2. The molecule has 0 N–H and O–H groups in total. The summed E-state index contributed by atoms with van der Waals surface area (Å²) in [6, 6.07) is 9.67. The van der Waals surface area contributed by atoms with E-state index in [0.29, 0.717) is 12.3 Å². The fourth-order valence-corrected chi connectivity index (χ4v) is 2.49. The maximum atomic E-state index is 12.2. The molecule has 2 heterocycles. The third-order valence-electron chi connectivity index (χ3n) is 3.67. The summed E-state index contributed by atoms with van der Waals surface area (Å²) in [5, 5.41) is 0.